The van der Waals surface area contributed by atoms with Gasteiger partial charge in [0.05, 0.1) is 29.3 Å². The number of piperidine rings is 2. The van der Waals surface area contributed by atoms with Crippen molar-refractivity contribution in [2.45, 2.75) is 39.0 Å². The van der Waals surface area contributed by atoms with Crippen LogP contribution in [0.1, 0.15) is 48.7 Å². The van der Waals surface area contributed by atoms with Crippen LogP contribution >= 0.6 is 0 Å². The number of hydrogen-bond acceptors (Lipinski definition) is 7. The molecule has 0 saturated carbocycles. The molecule has 2 saturated heterocycles. The van der Waals surface area contributed by atoms with E-state index in [2.05, 4.69) is 48.4 Å². The van der Waals surface area contributed by atoms with Gasteiger partial charge in [0.25, 0.3) is 5.91 Å². The summed E-state index contributed by atoms with van der Waals surface area (Å²) in [5.41, 5.74) is 3.26. The van der Waals surface area contributed by atoms with Crippen LogP contribution in [0.15, 0.2) is 30.6 Å². The summed E-state index contributed by atoms with van der Waals surface area (Å²) in [6.07, 6.45) is 8.91. The lowest BCUT2D eigenvalue weighted by atomic mass is 9.79. The number of aromatic nitrogens is 4. The lowest BCUT2D eigenvalue weighted by molar-refractivity contribution is 0.0945. The summed E-state index contributed by atoms with van der Waals surface area (Å²) in [5, 5.41) is 5.94. The van der Waals surface area contributed by atoms with E-state index in [1.165, 1.54) is 45.3 Å². The largest absolute Gasteiger partial charge is 0.370 e. The summed E-state index contributed by atoms with van der Waals surface area (Å²) in [6, 6.07) is 5.69. The maximum atomic E-state index is 14.8. The number of fused-ring (bicyclic) bond motifs is 1. The van der Waals surface area contributed by atoms with Gasteiger partial charge in [-0.05, 0) is 75.4 Å². The minimum Gasteiger partial charge on any atom is -0.370 e. The Morgan fingerprint density at radius 1 is 1.05 bits per heavy atom. The topological polar surface area (TPSA) is 91.2 Å². The lowest BCUT2D eigenvalue weighted by Crippen LogP contribution is -2.40. The van der Waals surface area contributed by atoms with Crippen LogP contribution in [0.2, 0.25) is 0 Å². The molecule has 0 aromatic carbocycles. The quantitative estimate of drug-likeness (QED) is 0.496. The zero-order valence-electron chi connectivity index (χ0n) is 22.8. The Kier molecular flexibility index (Phi) is 7.20. The Labute approximate surface area is 228 Å². The Balaban J connectivity index is 1.10. The van der Waals surface area contributed by atoms with E-state index >= 15 is 0 Å². The number of halogens is 1. The monoisotopic (exact) mass is 532 g/mol. The van der Waals surface area contributed by atoms with Crippen molar-refractivity contribution in [3.8, 4) is 11.4 Å². The van der Waals surface area contributed by atoms with E-state index < -0.39 is 5.82 Å². The molecule has 39 heavy (non-hydrogen) atoms. The normalized spacial score (nSPS) is 19.2. The van der Waals surface area contributed by atoms with Gasteiger partial charge in [-0.15, -0.1) is 0 Å². The van der Waals surface area contributed by atoms with Crippen LogP contribution in [-0.4, -0.2) is 69.6 Å². The van der Waals surface area contributed by atoms with E-state index in [4.69, 9.17) is 0 Å². The van der Waals surface area contributed by atoms with Crippen molar-refractivity contribution in [3.05, 3.63) is 47.7 Å². The summed E-state index contributed by atoms with van der Waals surface area (Å²) in [5.74, 6) is 1.88. The van der Waals surface area contributed by atoms with E-state index in [1.807, 2.05) is 23.9 Å². The summed E-state index contributed by atoms with van der Waals surface area (Å²) in [7, 11) is 1.83. The molecular weight excluding hydrogens is 495 g/mol. The number of carbonyl (C=O) groups excluding carboxylic acids is 1. The van der Waals surface area contributed by atoms with Crippen molar-refractivity contribution < 1.29 is 9.18 Å². The molecule has 6 heterocycles. The molecule has 0 bridgehead atoms. The fraction of sp³-hybridized carbons (Fsp3) is 0.517. The van der Waals surface area contributed by atoms with Crippen LogP contribution < -0.4 is 15.5 Å². The second-order valence-corrected chi connectivity index (χ2v) is 11.0. The van der Waals surface area contributed by atoms with Gasteiger partial charge < -0.3 is 25.0 Å². The third kappa shape index (κ3) is 5.22. The van der Waals surface area contributed by atoms with E-state index in [-0.39, 0.29) is 17.5 Å². The minimum absolute atomic E-state index is 0.142. The van der Waals surface area contributed by atoms with Crippen molar-refractivity contribution in [3.63, 3.8) is 0 Å². The molecule has 2 N–H and O–H groups in total. The molecule has 3 aliphatic rings. The smallest absolute Gasteiger partial charge is 0.253 e. The number of likely N-dealkylation sites (tertiary alicyclic amines) is 1. The predicted molar refractivity (Wildman–Crippen MR) is 150 cm³/mol. The molecule has 0 aliphatic carbocycles. The van der Waals surface area contributed by atoms with Gasteiger partial charge in [-0.25, -0.2) is 19.3 Å². The van der Waals surface area contributed by atoms with Crippen LogP contribution in [0, 0.1) is 17.7 Å². The maximum Gasteiger partial charge on any atom is 0.253 e. The average molecular weight is 533 g/mol. The van der Waals surface area contributed by atoms with Gasteiger partial charge in [-0.2, -0.15) is 0 Å². The van der Waals surface area contributed by atoms with Crippen LogP contribution in [0.5, 0.6) is 0 Å². The van der Waals surface area contributed by atoms with Gasteiger partial charge in [-0.3, -0.25) is 4.79 Å². The molecule has 6 rings (SSSR count). The number of nitrogens with one attached hydrogen (secondary N) is 2. The van der Waals surface area contributed by atoms with Gasteiger partial charge in [0.15, 0.2) is 5.82 Å². The zero-order valence-corrected chi connectivity index (χ0v) is 22.8. The highest BCUT2D eigenvalue weighted by Gasteiger charge is 2.29. The molecule has 0 unspecified atom stereocenters. The van der Waals surface area contributed by atoms with Crippen LogP contribution in [0.25, 0.3) is 11.4 Å². The molecule has 0 radical (unpaired) electrons. The van der Waals surface area contributed by atoms with E-state index in [0.717, 1.165) is 42.5 Å². The molecule has 10 heteroatoms. The molecule has 3 aromatic rings. The summed E-state index contributed by atoms with van der Waals surface area (Å²) < 4.78 is 16.6. The highest BCUT2D eigenvalue weighted by atomic mass is 19.1. The SMILES string of the molecule is CCN1CCC(C2CCN(c3ccc(Nc4ncc(F)c(-c5cc6c(n5C)CCNC6=O)n4)nc3)CC2)CC1. The number of anilines is 3. The highest BCUT2D eigenvalue weighted by Crippen LogP contribution is 2.34. The third-order valence-electron chi connectivity index (χ3n) is 8.88. The molecule has 3 aliphatic heterocycles. The Morgan fingerprint density at radius 3 is 2.46 bits per heavy atom. The number of hydrogen-bond donors (Lipinski definition) is 2. The number of pyridine rings is 1. The van der Waals surface area contributed by atoms with Gasteiger partial charge in [0.2, 0.25) is 5.95 Å². The van der Waals surface area contributed by atoms with Gasteiger partial charge in [-0.1, -0.05) is 6.92 Å². The van der Waals surface area contributed by atoms with Crippen LogP contribution in [-0.2, 0) is 13.5 Å². The lowest BCUT2D eigenvalue weighted by Gasteiger charge is -2.40. The summed E-state index contributed by atoms with van der Waals surface area (Å²) in [6.45, 7) is 8.64. The fourth-order valence-corrected chi connectivity index (χ4v) is 6.50. The molecular formula is C29H37FN8O. The standard InChI is InChI=1S/C29H37FN8O/c1-3-37-12-7-19(8-13-37)20-9-14-38(15-10-20)21-4-5-26(32-17-21)34-29-33-18-23(30)27(35-29)25-16-22-24(36(25)2)6-11-31-28(22)39/h4-5,16-20H,3,6-15H2,1-2H3,(H,31,39)(H,32,33,34,35). The van der Waals surface area contributed by atoms with Crippen molar-refractivity contribution in [1.29, 1.82) is 0 Å². The first-order valence-corrected chi connectivity index (χ1v) is 14.2. The number of rotatable bonds is 6. The zero-order chi connectivity index (χ0) is 26.9. The second-order valence-electron chi connectivity index (χ2n) is 11.0. The van der Waals surface area contributed by atoms with Crippen molar-refractivity contribution in [2.75, 3.05) is 49.5 Å². The fourth-order valence-electron chi connectivity index (χ4n) is 6.50. The van der Waals surface area contributed by atoms with Crippen LogP contribution in [0.4, 0.5) is 21.8 Å². The van der Waals surface area contributed by atoms with E-state index in [1.54, 1.807) is 6.07 Å². The Morgan fingerprint density at radius 2 is 1.79 bits per heavy atom. The minimum atomic E-state index is -0.540. The van der Waals surface area contributed by atoms with E-state index in [0.29, 0.717) is 30.0 Å². The summed E-state index contributed by atoms with van der Waals surface area (Å²) >= 11 is 0. The van der Waals surface area contributed by atoms with Gasteiger partial charge in [0, 0.05) is 38.8 Å². The molecule has 206 valence electrons. The number of nitrogens with zero attached hydrogens (tertiary/aromatic N) is 6. The molecule has 0 spiro atoms. The summed E-state index contributed by atoms with van der Waals surface area (Å²) in [4.78, 5) is 30.4. The molecule has 9 nitrogen and oxygen atoms in total. The Bertz CT molecular complexity index is 1320. The first-order valence-electron chi connectivity index (χ1n) is 14.2. The molecule has 2 fully saturated rings. The van der Waals surface area contributed by atoms with Gasteiger partial charge in [0.1, 0.15) is 11.5 Å². The maximum absolute atomic E-state index is 14.8. The third-order valence-corrected chi connectivity index (χ3v) is 8.88. The first-order chi connectivity index (χ1) is 19.0. The number of amides is 1. The van der Waals surface area contributed by atoms with Gasteiger partial charge >= 0.3 is 0 Å². The van der Waals surface area contributed by atoms with Crippen molar-refractivity contribution >= 4 is 23.4 Å². The second kappa shape index (κ2) is 10.9. The highest BCUT2D eigenvalue weighted by molar-refractivity contribution is 5.97. The average Bonchev–Trinajstić information content (AvgIpc) is 3.32. The predicted octanol–water partition coefficient (Wildman–Crippen LogP) is 3.99. The van der Waals surface area contributed by atoms with Crippen LogP contribution in [0.3, 0.4) is 0 Å². The molecule has 3 aromatic heterocycles. The molecule has 0 atom stereocenters. The Hall–Kier alpha value is -3.53. The van der Waals surface area contributed by atoms with Crippen molar-refractivity contribution in [2.24, 2.45) is 18.9 Å². The molecule has 1 amide bonds. The first kappa shape index (κ1) is 25.7. The van der Waals surface area contributed by atoms with E-state index in [9.17, 15) is 9.18 Å². The number of carbonyl (C=O) groups is 1. The van der Waals surface area contributed by atoms with Crippen molar-refractivity contribution in [1.82, 2.24) is 29.7 Å².